The van der Waals surface area contributed by atoms with Gasteiger partial charge in [-0.2, -0.15) is 4.57 Å². The highest BCUT2D eigenvalue weighted by molar-refractivity contribution is 9.10. The average Bonchev–Trinajstić information content (AvgIpc) is 2.67. The predicted molar refractivity (Wildman–Crippen MR) is 113 cm³/mol. The van der Waals surface area contributed by atoms with Crippen molar-refractivity contribution in [1.29, 1.82) is 0 Å². The zero-order valence-electron chi connectivity index (χ0n) is 16.1. The second-order valence-corrected chi connectivity index (χ2v) is 7.94. The van der Waals surface area contributed by atoms with E-state index in [2.05, 4.69) is 73.2 Å². The molecule has 3 aromatic rings. The molecule has 0 aliphatic rings. The number of aryl methyl sites for hydroxylation is 3. The molecule has 0 aliphatic carbocycles. The first kappa shape index (κ1) is 19.5. The standard InChI is InChI=1S/C24H25BrNO/c1-4-19-5-7-20(8-6-19)14-22-13-18(3)26(15-17(22)2)16-24(27)21-9-11-23(25)12-10-21/h5-13,15H,4,14,16H2,1-3H3/q+1. The molecule has 0 aliphatic heterocycles. The maximum absolute atomic E-state index is 12.6. The van der Waals surface area contributed by atoms with Gasteiger partial charge in [0.1, 0.15) is 0 Å². The van der Waals surface area contributed by atoms with Crippen molar-refractivity contribution in [3.63, 3.8) is 0 Å². The molecule has 0 saturated heterocycles. The maximum Gasteiger partial charge on any atom is 0.227 e. The van der Waals surface area contributed by atoms with E-state index in [1.54, 1.807) is 0 Å². The molecule has 0 radical (unpaired) electrons. The van der Waals surface area contributed by atoms with Crippen LogP contribution in [-0.4, -0.2) is 5.78 Å². The number of Topliss-reactive ketones (excluding diaryl/α,β-unsaturated/α-hetero) is 1. The second-order valence-electron chi connectivity index (χ2n) is 7.03. The third-order valence-electron chi connectivity index (χ3n) is 5.00. The highest BCUT2D eigenvalue weighted by Gasteiger charge is 2.17. The molecule has 0 unspecified atom stereocenters. The number of aromatic nitrogens is 1. The fourth-order valence-corrected chi connectivity index (χ4v) is 3.49. The van der Waals surface area contributed by atoms with Crippen molar-refractivity contribution >= 4 is 21.7 Å². The van der Waals surface area contributed by atoms with Crippen LogP contribution < -0.4 is 4.57 Å². The first-order chi connectivity index (χ1) is 13.0. The Balaban J connectivity index is 1.77. The number of rotatable bonds is 6. The quantitative estimate of drug-likeness (QED) is 0.385. The third-order valence-corrected chi connectivity index (χ3v) is 5.53. The molecule has 138 valence electrons. The molecule has 0 spiro atoms. The lowest BCUT2D eigenvalue weighted by Crippen LogP contribution is -2.41. The molecule has 2 nitrogen and oxygen atoms in total. The van der Waals surface area contributed by atoms with Gasteiger partial charge in [0, 0.05) is 28.6 Å². The minimum atomic E-state index is 0.123. The van der Waals surface area contributed by atoms with E-state index in [9.17, 15) is 4.79 Å². The summed E-state index contributed by atoms with van der Waals surface area (Å²) in [5.41, 5.74) is 7.05. The van der Waals surface area contributed by atoms with Crippen LogP contribution in [0.25, 0.3) is 0 Å². The predicted octanol–water partition coefficient (Wildman–Crippen LogP) is 5.39. The summed E-state index contributed by atoms with van der Waals surface area (Å²) in [5, 5.41) is 0. The molecule has 0 N–H and O–H groups in total. The van der Waals surface area contributed by atoms with Gasteiger partial charge in [-0.15, -0.1) is 0 Å². The van der Waals surface area contributed by atoms with Gasteiger partial charge in [-0.1, -0.05) is 59.3 Å². The largest absolute Gasteiger partial charge is 0.287 e. The van der Waals surface area contributed by atoms with Crippen LogP contribution in [0.1, 0.15) is 45.2 Å². The van der Waals surface area contributed by atoms with Crippen molar-refractivity contribution in [3.8, 4) is 0 Å². The molecule has 27 heavy (non-hydrogen) atoms. The molecule has 0 amide bonds. The number of nitrogens with zero attached hydrogens (tertiary/aromatic N) is 1. The van der Waals surface area contributed by atoms with Crippen molar-refractivity contribution in [1.82, 2.24) is 0 Å². The summed E-state index contributed by atoms with van der Waals surface area (Å²) < 4.78 is 3.03. The van der Waals surface area contributed by atoms with Crippen LogP contribution in [0.4, 0.5) is 0 Å². The number of carbonyl (C=O) groups excluding carboxylic acids is 1. The number of hydrogen-bond acceptors (Lipinski definition) is 1. The number of ketones is 1. The molecule has 0 atom stereocenters. The lowest BCUT2D eigenvalue weighted by atomic mass is 9.99. The Kier molecular flexibility index (Phi) is 6.22. The van der Waals surface area contributed by atoms with Gasteiger partial charge in [-0.25, -0.2) is 0 Å². The Morgan fingerprint density at radius 2 is 1.59 bits per heavy atom. The molecule has 3 rings (SSSR count). The monoisotopic (exact) mass is 422 g/mol. The van der Waals surface area contributed by atoms with Crippen LogP contribution in [0.15, 0.2) is 65.3 Å². The van der Waals surface area contributed by atoms with Gasteiger partial charge in [0.15, 0.2) is 11.9 Å². The molecular formula is C24H25BrNO+. The maximum atomic E-state index is 12.6. The van der Waals surface area contributed by atoms with Crippen LogP contribution >= 0.6 is 15.9 Å². The van der Waals surface area contributed by atoms with Crippen LogP contribution in [0, 0.1) is 13.8 Å². The first-order valence-electron chi connectivity index (χ1n) is 9.32. The number of hydrogen-bond donors (Lipinski definition) is 0. The molecule has 0 fully saturated rings. The van der Waals surface area contributed by atoms with E-state index in [1.807, 2.05) is 28.8 Å². The lowest BCUT2D eigenvalue weighted by molar-refractivity contribution is -0.689. The Morgan fingerprint density at radius 3 is 2.22 bits per heavy atom. The van der Waals surface area contributed by atoms with Crippen molar-refractivity contribution < 1.29 is 9.36 Å². The second kappa shape index (κ2) is 8.62. The minimum absolute atomic E-state index is 0.123. The van der Waals surface area contributed by atoms with Gasteiger partial charge >= 0.3 is 0 Å². The van der Waals surface area contributed by atoms with E-state index >= 15 is 0 Å². The number of carbonyl (C=O) groups is 1. The van der Waals surface area contributed by atoms with E-state index in [0.717, 1.165) is 28.6 Å². The van der Waals surface area contributed by atoms with E-state index in [-0.39, 0.29) is 5.78 Å². The molecule has 0 saturated carbocycles. The highest BCUT2D eigenvalue weighted by Crippen LogP contribution is 2.15. The third kappa shape index (κ3) is 4.92. The van der Waals surface area contributed by atoms with Gasteiger partial charge in [0.25, 0.3) is 0 Å². The first-order valence-corrected chi connectivity index (χ1v) is 10.1. The minimum Gasteiger partial charge on any atom is -0.287 e. The average molecular weight is 423 g/mol. The summed E-state index contributed by atoms with van der Waals surface area (Å²) in [6.07, 6.45) is 4.08. The topological polar surface area (TPSA) is 20.9 Å². The van der Waals surface area contributed by atoms with E-state index in [4.69, 9.17) is 0 Å². The molecule has 0 bridgehead atoms. The number of halogens is 1. The fraction of sp³-hybridized carbons (Fsp3) is 0.250. The Morgan fingerprint density at radius 1 is 0.963 bits per heavy atom. The smallest absolute Gasteiger partial charge is 0.227 e. The molecule has 1 aromatic heterocycles. The van der Waals surface area contributed by atoms with Crippen molar-refractivity contribution in [2.75, 3.05) is 0 Å². The summed E-state index contributed by atoms with van der Waals surface area (Å²) in [5.74, 6) is 0.123. The van der Waals surface area contributed by atoms with Crippen LogP contribution in [0.5, 0.6) is 0 Å². The summed E-state index contributed by atoms with van der Waals surface area (Å²) in [6, 6.07) is 18.6. The van der Waals surface area contributed by atoms with Crippen LogP contribution in [-0.2, 0) is 19.4 Å². The van der Waals surface area contributed by atoms with Gasteiger partial charge in [-0.05, 0) is 48.6 Å². The van der Waals surface area contributed by atoms with Gasteiger partial charge in [-0.3, -0.25) is 4.79 Å². The summed E-state index contributed by atoms with van der Waals surface area (Å²) in [7, 11) is 0. The molecule has 3 heteroatoms. The van der Waals surface area contributed by atoms with Gasteiger partial charge in [0.05, 0.1) is 0 Å². The Hall–Kier alpha value is -2.26. The van der Waals surface area contributed by atoms with Crippen molar-refractivity contribution in [2.45, 2.75) is 40.2 Å². The van der Waals surface area contributed by atoms with E-state index < -0.39 is 0 Å². The van der Waals surface area contributed by atoms with E-state index in [0.29, 0.717) is 6.54 Å². The zero-order valence-corrected chi connectivity index (χ0v) is 17.7. The Bertz CT molecular complexity index is 943. The molecule has 1 heterocycles. The van der Waals surface area contributed by atoms with E-state index in [1.165, 1.54) is 22.3 Å². The number of pyridine rings is 1. The fourth-order valence-electron chi connectivity index (χ4n) is 3.22. The van der Waals surface area contributed by atoms with Gasteiger partial charge in [0.2, 0.25) is 12.3 Å². The highest BCUT2D eigenvalue weighted by atomic mass is 79.9. The zero-order chi connectivity index (χ0) is 19.4. The normalized spacial score (nSPS) is 10.8. The number of benzene rings is 2. The molecular weight excluding hydrogens is 398 g/mol. The van der Waals surface area contributed by atoms with Crippen LogP contribution in [0.2, 0.25) is 0 Å². The SMILES string of the molecule is CCc1ccc(Cc2cc(C)[n+](CC(=O)c3ccc(Br)cc3)cc2C)cc1. The van der Waals surface area contributed by atoms with Crippen molar-refractivity contribution in [2.24, 2.45) is 0 Å². The molecule has 2 aromatic carbocycles. The Labute approximate surface area is 170 Å². The van der Waals surface area contributed by atoms with Gasteiger partial charge < -0.3 is 0 Å². The van der Waals surface area contributed by atoms with Crippen LogP contribution in [0.3, 0.4) is 0 Å². The summed E-state index contributed by atoms with van der Waals surface area (Å²) in [6.45, 7) is 6.72. The lowest BCUT2D eigenvalue weighted by Gasteiger charge is -2.09. The van der Waals surface area contributed by atoms with Crippen molar-refractivity contribution in [3.05, 3.63) is 98.8 Å². The summed E-state index contributed by atoms with van der Waals surface area (Å²) >= 11 is 3.41. The summed E-state index contributed by atoms with van der Waals surface area (Å²) in [4.78, 5) is 12.6.